The number of carbonyl (C=O) groups excluding carboxylic acids is 1. The molecule has 1 unspecified atom stereocenters. The predicted molar refractivity (Wildman–Crippen MR) is 66.4 cm³/mol. The normalized spacial score (nSPS) is 23.1. The molecule has 4 nitrogen and oxygen atoms in total. The minimum atomic E-state index is 0.176. The molecule has 94 valence electrons. The molecule has 0 aromatic carbocycles. The summed E-state index contributed by atoms with van der Waals surface area (Å²) in [7, 11) is 4.11. The zero-order chi connectivity index (χ0) is 12.0. The zero-order valence-corrected chi connectivity index (χ0v) is 10.8. The molecular formula is C12H25N3O. The molecular weight excluding hydrogens is 202 g/mol. The fraction of sp³-hybridized carbons (Fsp3) is 0.917. The van der Waals surface area contributed by atoms with E-state index in [4.69, 9.17) is 0 Å². The molecule has 1 aliphatic rings. The summed E-state index contributed by atoms with van der Waals surface area (Å²) in [5, 5.41) is 6.37. The lowest BCUT2D eigenvalue weighted by Gasteiger charge is -2.24. The molecule has 4 heteroatoms. The van der Waals surface area contributed by atoms with Gasteiger partial charge in [0.2, 0.25) is 5.91 Å². The van der Waals surface area contributed by atoms with Gasteiger partial charge in [-0.3, -0.25) is 4.79 Å². The van der Waals surface area contributed by atoms with Crippen molar-refractivity contribution in [3.63, 3.8) is 0 Å². The third kappa shape index (κ3) is 4.94. The van der Waals surface area contributed by atoms with Crippen LogP contribution in [0, 0.1) is 5.92 Å². The van der Waals surface area contributed by atoms with Crippen LogP contribution in [-0.2, 0) is 4.79 Å². The zero-order valence-electron chi connectivity index (χ0n) is 10.8. The van der Waals surface area contributed by atoms with Crippen molar-refractivity contribution in [2.75, 3.05) is 33.7 Å². The van der Waals surface area contributed by atoms with E-state index in [1.54, 1.807) is 0 Å². The molecule has 1 saturated heterocycles. The highest BCUT2D eigenvalue weighted by Crippen LogP contribution is 2.10. The molecule has 16 heavy (non-hydrogen) atoms. The summed E-state index contributed by atoms with van der Waals surface area (Å²) in [6.07, 6.45) is 3.16. The lowest BCUT2D eigenvalue weighted by Crippen LogP contribution is -2.44. The van der Waals surface area contributed by atoms with E-state index in [9.17, 15) is 4.79 Å². The van der Waals surface area contributed by atoms with Crippen molar-refractivity contribution >= 4 is 5.91 Å². The van der Waals surface area contributed by atoms with Crippen LogP contribution in [0.5, 0.6) is 0 Å². The fourth-order valence-electron chi connectivity index (χ4n) is 1.96. The van der Waals surface area contributed by atoms with Crippen molar-refractivity contribution in [2.24, 2.45) is 5.92 Å². The van der Waals surface area contributed by atoms with Gasteiger partial charge in [0.1, 0.15) is 0 Å². The van der Waals surface area contributed by atoms with Gasteiger partial charge in [-0.1, -0.05) is 0 Å². The summed E-state index contributed by atoms with van der Waals surface area (Å²) in [6.45, 7) is 4.99. The minimum Gasteiger partial charge on any atom is -0.353 e. The number of hydrogen-bond acceptors (Lipinski definition) is 3. The first kappa shape index (κ1) is 13.5. The molecule has 0 aliphatic carbocycles. The van der Waals surface area contributed by atoms with E-state index in [0.29, 0.717) is 0 Å². The third-order valence-corrected chi connectivity index (χ3v) is 3.07. The van der Waals surface area contributed by atoms with Crippen molar-refractivity contribution in [2.45, 2.75) is 32.2 Å². The molecule has 1 amide bonds. The topological polar surface area (TPSA) is 44.4 Å². The molecule has 0 aromatic heterocycles. The van der Waals surface area contributed by atoms with Crippen LogP contribution < -0.4 is 10.6 Å². The summed E-state index contributed by atoms with van der Waals surface area (Å²) in [4.78, 5) is 14.0. The second kappa shape index (κ2) is 6.86. The minimum absolute atomic E-state index is 0.176. The summed E-state index contributed by atoms with van der Waals surface area (Å²) in [6, 6.07) is 0.275. The van der Waals surface area contributed by atoms with Crippen LogP contribution in [0.15, 0.2) is 0 Å². The molecule has 1 heterocycles. The summed E-state index contributed by atoms with van der Waals surface area (Å²) < 4.78 is 0. The lowest BCUT2D eigenvalue weighted by atomic mass is 9.98. The molecule has 0 spiro atoms. The smallest absolute Gasteiger partial charge is 0.224 e. The van der Waals surface area contributed by atoms with E-state index >= 15 is 0 Å². The van der Waals surface area contributed by atoms with Crippen LogP contribution in [0.3, 0.4) is 0 Å². The third-order valence-electron chi connectivity index (χ3n) is 3.07. The Labute approximate surface area is 98.8 Å². The monoisotopic (exact) mass is 227 g/mol. The lowest BCUT2D eigenvalue weighted by molar-refractivity contribution is -0.126. The van der Waals surface area contributed by atoms with Crippen LogP contribution in [0.25, 0.3) is 0 Å². The second-order valence-corrected chi connectivity index (χ2v) is 5.04. The van der Waals surface area contributed by atoms with Crippen molar-refractivity contribution < 1.29 is 4.79 Å². The standard InChI is InChI=1S/C12H25N3O/c1-10(6-8-15(2)3)14-12(16)11-5-4-7-13-9-11/h10-11,13H,4-9H2,1-3H3,(H,14,16)/t10?,11-/m0/s1. The molecule has 0 saturated carbocycles. The predicted octanol–water partition coefficient (Wildman–Crippen LogP) is 0.442. The van der Waals surface area contributed by atoms with Crippen LogP contribution in [0.2, 0.25) is 0 Å². The van der Waals surface area contributed by atoms with Gasteiger partial charge in [0.25, 0.3) is 0 Å². The van der Waals surface area contributed by atoms with Gasteiger partial charge in [-0.25, -0.2) is 0 Å². The van der Waals surface area contributed by atoms with Crippen molar-refractivity contribution in [3.8, 4) is 0 Å². The number of nitrogens with zero attached hydrogens (tertiary/aromatic N) is 1. The highest BCUT2D eigenvalue weighted by Gasteiger charge is 2.21. The van der Waals surface area contributed by atoms with Crippen molar-refractivity contribution in [1.29, 1.82) is 0 Å². The van der Waals surface area contributed by atoms with Crippen LogP contribution >= 0.6 is 0 Å². The Morgan fingerprint density at radius 1 is 1.56 bits per heavy atom. The van der Waals surface area contributed by atoms with Gasteiger partial charge in [-0.15, -0.1) is 0 Å². The number of piperidine rings is 1. The van der Waals surface area contributed by atoms with Crippen LogP contribution in [0.1, 0.15) is 26.2 Å². The average molecular weight is 227 g/mol. The maximum absolute atomic E-state index is 11.9. The van der Waals surface area contributed by atoms with Gasteiger partial charge >= 0.3 is 0 Å². The first-order valence-corrected chi connectivity index (χ1v) is 6.25. The van der Waals surface area contributed by atoms with E-state index in [-0.39, 0.29) is 17.9 Å². The molecule has 2 N–H and O–H groups in total. The Morgan fingerprint density at radius 2 is 2.31 bits per heavy atom. The Bertz CT molecular complexity index is 212. The van der Waals surface area contributed by atoms with Gasteiger partial charge in [0, 0.05) is 12.6 Å². The largest absolute Gasteiger partial charge is 0.353 e. The molecule has 1 fully saturated rings. The van der Waals surface area contributed by atoms with E-state index < -0.39 is 0 Å². The highest BCUT2D eigenvalue weighted by atomic mass is 16.1. The SMILES string of the molecule is CC(CCN(C)C)NC(=O)[C@H]1CCCNC1. The molecule has 0 bridgehead atoms. The Morgan fingerprint density at radius 3 is 2.88 bits per heavy atom. The van der Waals surface area contributed by atoms with E-state index in [1.165, 1.54) is 0 Å². The number of nitrogens with one attached hydrogen (secondary N) is 2. The fourth-order valence-corrected chi connectivity index (χ4v) is 1.96. The first-order valence-electron chi connectivity index (χ1n) is 6.25. The number of rotatable bonds is 5. The molecule has 0 aromatic rings. The average Bonchev–Trinajstić information content (AvgIpc) is 2.27. The molecule has 1 rings (SSSR count). The van der Waals surface area contributed by atoms with Gasteiger partial charge in [0.15, 0.2) is 0 Å². The van der Waals surface area contributed by atoms with Gasteiger partial charge in [-0.05, 0) is 53.4 Å². The molecule has 1 aliphatic heterocycles. The summed E-state index contributed by atoms with van der Waals surface area (Å²) in [5.74, 6) is 0.397. The second-order valence-electron chi connectivity index (χ2n) is 5.04. The highest BCUT2D eigenvalue weighted by molar-refractivity contribution is 5.79. The van der Waals surface area contributed by atoms with E-state index in [2.05, 4.69) is 36.6 Å². The van der Waals surface area contributed by atoms with Crippen molar-refractivity contribution in [1.82, 2.24) is 15.5 Å². The number of amides is 1. The maximum Gasteiger partial charge on any atom is 0.224 e. The summed E-state index contributed by atoms with van der Waals surface area (Å²) in [5.41, 5.74) is 0. The number of hydrogen-bond donors (Lipinski definition) is 2. The van der Waals surface area contributed by atoms with E-state index in [0.717, 1.165) is 38.9 Å². The quantitative estimate of drug-likeness (QED) is 0.716. The van der Waals surface area contributed by atoms with Crippen molar-refractivity contribution in [3.05, 3.63) is 0 Å². The first-order chi connectivity index (χ1) is 7.59. The Hall–Kier alpha value is -0.610. The number of carbonyl (C=O) groups is 1. The van der Waals surface area contributed by atoms with Crippen LogP contribution in [0.4, 0.5) is 0 Å². The Kier molecular flexibility index (Phi) is 5.77. The summed E-state index contributed by atoms with van der Waals surface area (Å²) >= 11 is 0. The van der Waals surface area contributed by atoms with E-state index in [1.807, 2.05) is 0 Å². The van der Waals surface area contributed by atoms with Gasteiger partial charge < -0.3 is 15.5 Å². The van der Waals surface area contributed by atoms with Gasteiger partial charge in [0.05, 0.1) is 5.92 Å². The van der Waals surface area contributed by atoms with Gasteiger partial charge in [-0.2, -0.15) is 0 Å². The maximum atomic E-state index is 11.9. The molecule has 2 atom stereocenters. The Balaban J connectivity index is 2.21. The van der Waals surface area contributed by atoms with Crippen LogP contribution in [-0.4, -0.2) is 50.6 Å². The molecule has 0 radical (unpaired) electrons.